The second-order valence-corrected chi connectivity index (χ2v) is 8.64. The van der Waals surface area contributed by atoms with E-state index in [2.05, 4.69) is 13.8 Å². The maximum Gasteiger partial charge on any atom is 0.328 e. The Balaban J connectivity index is 3.39. The molecule has 0 aliphatic rings. The summed E-state index contributed by atoms with van der Waals surface area (Å²) in [6, 6.07) is 0. The summed E-state index contributed by atoms with van der Waals surface area (Å²) in [5, 5.41) is 9.32. The minimum absolute atomic E-state index is 0.289. The van der Waals surface area contributed by atoms with Crippen molar-refractivity contribution in [2.75, 3.05) is 12.8 Å². The first kappa shape index (κ1) is 23.6. The summed E-state index contributed by atoms with van der Waals surface area (Å²) in [7, 11) is -4.27. The summed E-state index contributed by atoms with van der Waals surface area (Å²) in [5.74, 6) is 0.371. The fourth-order valence-electron chi connectivity index (χ4n) is 2.47. The van der Waals surface area contributed by atoms with Crippen LogP contribution in [0.3, 0.4) is 0 Å². The van der Waals surface area contributed by atoms with Gasteiger partial charge >= 0.3 is 13.6 Å². The van der Waals surface area contributed by atoms with Crippen LogP contribution in [-0.2, 0) is 14.1 Å². The number of hydrogen-bond donors (Lipinski definition) is 3. The van der Waals surface area contributed by atoms with E-state index in [0.717, 1.165) is 25.2 Å². The average molecular weight is 366 g/mol. The summed E-state index contributed by atoms with van der Waals surface area (Å²) in [4.78, 5) is 28.8. The molecule has 0 aliphatic carbocycles. The molecular formula is C17H35O6P. The molecule has 0 aliphatic heterocycles. The maximum atomic E-state index is 11.4. The van der Waals surface area contributed by atoms with Crippen molar-refractivity contribution in [3.05, 3.63) is 0 Å². The van der Waals surface area contributed by atoms with Gasteiger partial charge < -0.3 is 19.6 Å². The van der Waals surface area contributed by atoms with Crippen LogP contribution in [-0.4, -0.2) is 39.7 Å². The van der Waals surface area contributed by atoms with Crippen LogP contribution in [0.1, 0.15) is 78.1 Å². The molecule has 24 heavy (non-hydrogen) atoms. The molecule has 0 spiro atoms. The first-order chi connectivity index (χ1) is 11.2. The van der Waals surface area contributed by atoms with Gasteiger partial charge in [-0.15, -0.1) is 0 Å². The summed E-state index contributed by atoms with van der Waals surface area (Å²) in [6.45, 7) is 4.15. The Labute approximate surface area is 146 Å². The largest absolute Gasteiger partial charge is 0.463 e. The molecule has 0 aromatic rings. The molecule has 3 N–H and O–H groups in total. The zero-order chi connectivity index (χ0) is 18.4. The third-order valence-corrected chi connectivity index (χ3v) is 4.69. The second-order valence-electron chi connectivity index (χ2n) is 6.95. The summed E-state index contributed by atoms with van der Waals surface area (Å²) < 4.78 is 15.5. The number of esters is 1. The number of carbonyl (C=O) groups is 1. The van der Waals surface area contributed by atoms with Gasteiger partial charge in [0.2, 0.25) is 0 Å². The van der Waals surface area contributed by atoms with Gasteiger partial charge in [0.05, 0.1) is 12.3 Å². The molecule has 0 radical (unpaired) electrons. The number of hydrogen-bond acceptors (Lipinski definition) is 4. The van der Waals surface area contributed by atoms with Gasteiger partial charge in [-0.3, -0.25) is 9.36 Å². The number of aliphatic hydroxyl groups excluding tert-OH is 1. The van der Waals surface area contributed by atoms with Crippen LogP contribution >= 0.6 is 7.60 Å². The molecule has 0 bridgehead atoms. The van der Waals surface area contributed by atoms with Gasteiger partial charge in [-0.1, -0.05) is 65.2 Å². The Morgan fingerprint density at radius 3 is 1.96 bits per heavy atom. The summed E-state index contributed by atoms with van der Waals surface area (Å²) >= 11 is 0. The summed E-state index contributed by atoms with van der Waals surface area (Å²) in [6.07, 6.45) is 8.79. The van der Waals surface area contributed by atoms with E-state index in [1.807, 2.05) is 0 Å². The molecule has 0 heterocycles. The van der Waals surface area contributed by atoms with Crippen molar-refractivity contribution in [2.24, 2.45) is 5.92 Å². The Morgan fingerprint density at radius 1 is 0.958 bits per heavy atom. The highest BCUT2D eigenvalue weighted by Gasteiger charge is 2.20. The molecule has 144 valence electrons. The number of unbranched alkanes of at least 4 members (excludes halogenated alkanes) is 7. The number of ether oxygens (including phenoxy) is 1. The third-order valence-electron chi connectivity index (χ3n) is 3.80. The molecule has 1 unspecified atom stereocenters. The molecule has 7 heteroatoms. The van der Waals surface area contributed by atoms with E-state index in [0.29, 0.717) is 0 Å². The van der Waals surface area contributed by atoms with E-state index in [4.69, 9.17) is 14.5 Å². The van der Waals surface area contributed by atoms with Crippen molar-refractivity contribution in [1.82, 2.24) is 0 Å². The Bertz CT molecular complexity index is 366. The number of aliphatic hydroxyl groups is 1. The Kier molecular flexibility index (Phi) is 13.6. The number of rotatable bonds is 15. The van der Waals surface area contributed by atoms with Crippen LogP contribution in [0.15, 0.2) is 0 Å². The van der Waals surface area contributed by atoms with Gasteiger partial charge in [-0.25, -0.2) is 0 Å². The van der Waals surface area contributed by atoms with E-state index < -0.39 is 25.8 Å². The first-order valence-corrected chi connectivity index (χ1v) is 10.9. The third kappa shape index (κ3) is 17.9. The van der Waals surface area contributed by atoms with E-state index in [-0.39, 0.29) is 13.0 Å². The predicted molar refractivity (Wildman–Crippen MR) is 94.9 cm³/mol. The molecule has 0 amide bonds. The van der Waals surface area contributed by atoms with Crippen molar-refractivity contribution in [3.8, 4) is 0 Å². The minimum atomic E-state index is -4.27. The lowest BCUT2D eigenvalue weighted by molar-refractivity contribution is -0.146. The molecule has 6 nitrogen and oxygen atoms in total. The van der Waals surface area contributed by atoms with Gasteiger partial charge in [-0.2, -0.15) is 0 Å². The van der Waals surface area contributed by atoms with Crippen LogP contribution in [0.4, 0.5) is 0 Å². The minimum Gasteiger partial charge on any atom is -0.463 e. The monoisotopic (exact) mass is 366 g/mol. The lowest BCUT2D eigenvalue weighted by atomic mass is 10.0. The standard InChI is InChI=1S/C17H35O6P/c1-15(2)11-9-7-5-3-4-6-8-10-12-17(19)23-13-16(18)14-24(20,21)22/h15-16,18H,3-14H2,1-2H3,(H2,20,21,22). The molecule has 0 saturated heterocycles. The quantitative estimate of drug-likeness (QED) is 0.232. The van der Waals surface area contributed by atoms with E-state index in [9.17, 15) is 14.5 Å². The molecule has 0 aromatic carbocycles. The van der Waals surface area contributed by atoms with Gasteiger partial charge in [0, 0.05) is 6.42 Å². The molecule has 0 saturated carbocycles. The normalized spacial score (nSPS) is 13.2. The van der Waals surface area contributed by atoms with Crippen molar-refractivity contribution in [2.45, 2.75) is 84.2 Å². The fourth-order valence-corrected chi connectivity index (χ4v) is 3.13. The average Bonchev–Trinajstić information content (AvgIpc) is 2.45. The second kappa shape index (κ2) is 13.8. The van der Waals surface area contributed by atoms with Gasteiger partial charge in [0.1, 0.15) is 6.61 Å². The topological polar surface area (TPSA) is 104 Å². The Morgan fingerprint density at radius 2 is 1.46 bits per heavy atom. The van der Waals surface area contributed by atoms with Crippen molar-refractivity contribution in [3.63, 3.8) is 0 Å². The molecule has 0 rings (SSSR count). The molecule has 0 aromatic heterocycles. The number of carbonyl (C=O) groups excluding carboxylic acids is 1. The molecule has 0 fully saturated rings. The van der Waals surface area contributed by atoms with Gasteiger partial charge in [-0.05, 0) is 12.3 Å². The highest BCUT2D eigenvalue weighted by atomic mass is 31.2. The summed E-state index contributed by atoms with van der Waals surface area (Å²) in [5.41, 5.74) is 0. The van der Waals surface area contributed by atoms with Crippen LogP contribution in [0.25, 0.3) is 0 Å². The predicted octanol–water partition coefficient (Wildman–Crippen LogP) is 3.63. The van der Waals surface area contributed by atoms with E-state index in [1.54, 1.807) is 0 Å². The maximum absolute atomic E-state index is 11.4. The van der Waals surface area contributed by atoms with Crippen LogP contribution in [0.2, 0.25) is 0 Å². The Hall–Kier alpha value is -0.420. The van der Waals surface area contributed by atoms with Crippen molar-refractivity contribution in [1.29, 1.82) is 0 Å². The highest BCUT2D eigenvalue weighted by Crippen LogP contribution is 2.34. The van der Waals surface area contributed by atoms with Crippen LogP contribution in [0, 0.1) is 5.92 Å². The van der Waals surface area contributed by atoms with Gasteiger partial charge in [0.25, 0.3) is 0 Å². The zero-order valence-electron chi connectivity index (χ0n) is 15.2. The van der Waals surface area contributed by atoms with E-state index >= 15 is 0 Å². The van der Waals surface area contributed by atoms with Crippen molar-refractivity contribution >= 4 is 13.6 Å². The van der Waals surface area contributed by atoms with Gasteiger partial charge in [0.15, 0.2) is 0 Å². The lowest BCUT2D eigenvalue weighted by Crippen LogP contribution is -2.22. The van der Waals surface area contributed by atoms with Crippen molar-refractivity contribution < 1.29 is 29.0 Å². The SMILES string of the molecule is CC(C)CCCCCCCCCCC(=O)OCC(O)CP(=O)(O)O. The fraction of sp³-hybridized carbons (Fsp3) is 0.941. The smallest absolute Gasteiger partial charge is 0.328 e. The molecule has 1 atom stereocenters. The van der Waals surface area contributed by atoms with E-state index in [1.165, 1.54) is 38.5 Å². The zero-order valence-corrected chi connectivity index (χ0v) is 16.0. The van der Waals surface area contributed by atoms with Crippen LogP contribution < -0.4 is 0 Å². The molecular weight excluding hydrogens is 331 g/mol. The highest BCUT2D eigenvalue weighted by molar-refractivity contribution is 7.51. The lowest BCUT2D eigenvalue weighted by Gasteiger charge is -2.12. The van der Waals surface area contributed by atoms with Crippen LogP contribution in [0.5, 0.6) is 0 Å². The first-order valence-electron chi connectivity index (χ1n) is 9.09.